The van der Waals surface area contributed by atoms with Gasteiger partial charge in [0.1, 0.15) is 11.9 Å². The first kappa shape index (κ1) is 20.4. The Morgan fingerprint density at radius 2 is 2.07 bits per heavy atom. The van der Waals surface area contributed by atoms with Crippen LogP contribution in [0.4, 0.5) is 17.3 Å². The third-order valence-corrected chi connectivity index (χ3v) is 5.04. The first-order chi connectivity index (χ1) is 14.0. The SMILES string of the molecule is CNC(=O)c1nnc(Nc2cnc(C#N)cn2)cc1NCC1CCC(C)NC1C. The van der Waals surface area contributed by atoms with E-state index in [-0.39, 0.29) is 17.3 Å². The van der Waals surface area contributed by atoms with Crippen LogP contribution in [0.2, 0.25) is 0 Å². The lowest BCUT2D eigenvalue weighted by atomic mass is 9.89. The third-order valence-electron chi connectivity index (χ3n) is 5.04. The Hall–Kier alpha value is -3.32. The van der Waals surface area contributed by atoms with Crippen molar-refractivity contribution in [3.8, 4) is 6.07 Å². The van der Waals surface area contributed by atoms with Crippen LogP contribution < -0.4 is 21.3 Å². The van der Waals surface area contributed by atoms with Crippen molar-refractivity contribution in [1.29, 1.82) is 5.26 Å². The molecule has 3 unspecified atom stereocenters. The van der Waals surface area contributed by atoms with Gasteiger partial charge in [-0.2, -0.15) is 5.26 Å². The van der Waals surface area contributed by atoms with E-state index in [1.54, 1.807) is 13.1 Å². The van der Waals surface area contributed by atoms with Crippen molar-refractivity contribution in [3.63, 3.8) is 0 Å². The highest BCUT2D eigenvalue weighted by Gasteiger charge is 2.25. The average Bonchev–Trinajstić information content (AvgIpc) is 2.73. The van der Waals surface area contributed by atoms with Gasteiger partial charge in [0.05, 0.1) is 18.1 Å². The fourth-order valence-corrected chi connectivity index (χ4v) is 3.36. The molecule has 3 atom stereocenters. The molecule has 3 heterocycles. The minimum absolute atomic E-state index is 0.225. The standard InChI is InChI=1S/C19H25N9O/c1-11-4-5-13(12(2)25-11)8-23-15-6-16(27-28-18(15)19(29)21-3)26-17-10-22-14(7-20)9-24-17/h6,9-13,25H,4-5,8H2,1-3H3,(H,21,29)(H2,23,24,26,27). The van der Waals surface area contributed by atoms with Crippen molar-refractivity contribution in [2.24, 2.45) is 5.92 Å². The van der Waals surface area contributed by atoms with Crippen molar-refractivity contribution < 1.29 is 4.79 Å². The van der Waals surface area contributed by atoms with E-state index in [2.05, 4.69) is 55.3 Å². The maximum Gasteiger partial charge on any atom is 0.273 e. The van der Waals surface area contributed by atoms with Gasteiger partial charge in [-0.1, -0.05) is 0 Å². The second kappa shape index (κ2) is 9.25. The summed E-state index contributed by atoms with van der Waals surface area (Å²) in [4.78, 5) is 20.3. The molecule has 1 saturated heterocycles. The van der Waals surface area contributed by atoms with Gasteiger partial charge in [0.15, 0.2) is 17.2 Å². The number of anilines is 3. The average molecular weight is 395 g/mol. The monoisotopic (exact) mass is 395 g/mol. The van der Waals surface area contributed by atoms with Crippen LogP contribution >= 0.6 is 0 Å². The number of nitrogens with one attached hydrogen (secondary N) is 4. The van der Waals surface area contributed by atoms with Crippen molar-refractivity contribution in [2.75, 3.05) is 24.2 Å². The second-order valence-electron chi connectivity index (χ2n) is 7.17. The van der Waals surface area contributed by atoms with E-state index in [1.807, 2.05) is 6.07 Å². The Kier molecular flexibility index (Phi) is 6.51. The smallest absolute Gasteiger partial charge is 0.273 e. The van der Waals surface area contributed by atoms with Gasteiger partial charge < -0.3 is 21.3 Å². The number of carbonyl (C=O) groups is 1. The van der Waals surface area contributed by atoms with Gasteiger partial charge in [0, 0.05) is 31.7 Å². The summed E-state index contributed by atoms with van der Waals surface area (Å²) in [5.41, 5.74) is 1.05. The van der Waals surface area contributed by atoms with E-state index in [9.17, 15) is 4.79 Å². The number of rotatable bonds is 6. The number of hydrogen-bond donors (Lipinski definition) is 4. The molecule has 0 bridgehead atoms. The van der Waals surface area contributed by atoms with Crippen LogP contribution in [-0.4, -0.2) is 51.7 Å². The lowest BCUT2D eigenvalue weighted by Crippen LogP contribution is -2.46. The summed E-state index contributed by atoms with van der Waals surface area (Å²) >= 11 is 0. The summed E-state index contributed by atoms with van der Waals surface area (Å²) in [7, 11) is 1.56. The molecule has 0 spiro atoms. The molecular weight excluding hydrogens is 370 g/mol. The molecule has 152 valence electrons. The Labute approximate surface area is 169 Å². The Balaban J connectivity index is 1.76. The number of amides is 1. The van der Waals surface area contributed by atoms with Crippen molar-refractivity contribution in [1.82, 2.24) is 30.8 Å². The van der Waals surface area contributed by atoms with Crippen LogP contribution in [-0.2, 0) is 0 Å². The van der Waals surface area contributed by atoms with E-state index in [0.29, 0.717) is 41.9 Å². The van der Waals surface area contributed by atoms with Crippen LogP contribution in [0.3, 0.4) is 0 Å². The molecule has 0 aromatic carbocycles. The van der Waals surface area contributed by atoms with Gasteiger partial charge in [-0.25, -0.2) is 9.97 Å². The molecule has 0 radical (unpaired) electrons. The Bertz CT molecular complexity index is 894. The first-order valence-corrected chi connectivity index (χ1v) is 9.59. The zero-order chi connectivity index (χ0) is 20.8. The Morgan fingerprint density at radius 3 is 2.72 bits per heavy atom. The summed E-state index contributed by atoms with van der Waals surface area (Å²) in [6.45, 7) is 5.09. The largest absolute Gasteiger partial charge is 0.383 e. The minimum atomic E-state index is -0.312. The number of hydrogen-bond acceptors (Lipinski definition) is 9. The maximum absolute atomic E-state index is 12.2. The molecule has 1 fully saturated rings. The van der Waals surface area contributed by atoms with Gasteiger partial charge >= 0.3 is 0 Å². The first-order valence-electron chi connectivity index (χ1n) is 9.59. The summed E-state index contributed by atoms with van der Waals surface area (Å²) in [6, 6.07) is 4.55. The molecule has 10 heteroatoms. The number of aromatic nitrogens is 4. The lowest BCUT2D eigenvalue weighted by molar-refractivity contribution is 0.0958. The fraction of sp³-hybridized carbons (Fsp3) is 0.474. The molecule has 10 nitrogen and oxygen atoms in total. The van der Waals surface area contributed by atoms with Gasteiger partial charge in [-0.3, -0.25) is 4.79 Å². The molecule has 0 aliphatic carbocycles. The van der Waals surface area contributed by atoms with E-state index in [4.69, 9.17) is 5.26 Å². The molecule has 1 aliphatic rings. The number of carbonyl (C=O) groups excluding carboxylic acids is 1. The highest BCUT2D eigenvalue weighted by atomic mass is 16.1. The summed E-state index contributed by atoms with van der Waals surface area (Å²) in [5, 5.41) is 29.5. The van der Waals surface area contributed by atoms with Crippen LogP contribution in [0.1, 0.15) is 42.9 Å². The zero-order valence-electron chi connectivity index (χ0n) is 16.7. The number of nitrogens with zero attached hydrogens (tertiary/aromatic N) is 5. The van der Waals surface area contributed by atoms with E-state index in [1.165, 1.54) is 12.4 Å². The minimum Gasteiger partial charge on any atom is -0.383 e. The highest BCUT2D eigenvalue weighted by Crippen LogP contribution is 2.23. The predicted molar refractivity (Wildman–Crippen MR) is 109 cm³/mol. The topological polar surface area (TPSA) is 141 Å². The van der Waals surface area contributed by atoms with Crippen LogP contribution in [0, 0.1) is 17.2 Å². The van der Waals surface area contributed by atoms with Crippen molar-refractivity contribution >= 4 is 23.2 Å². The maximum atomic E-state index is 12.2. The van der Waals surface area contributed by atoms with Gasteiger partial charge in [0.2, 0.25) is 0 Å². The molecule has 4 N–H and O–H groups in total. The second-order valence-corrected chi connectivity index (χ2v) is 7.17. The predicted octanol–water partition coefficient (Wildman–Crippen LogP) is 1.43. The van der Waals surface area contributed by atoms with Gasteiger partial charge in [-0.15, -0.1) is 10.2 Å². The van der Waals surface area contributed by atoms with E-state index < -0.39 is 0 Å². The lowest BCUT2D eigenvalue weighted by Gasteiger charge is -2.34. The molecule has 1 aliphatic heterocycles. The molecule has 29 heavy (non-hydrogen) atoms. The van der Waals surface area contributed by atoms with E-state index in [0.717, 1.165) is 12.8 Å². The molecule has 1 amide bonds. The summed E-state index contributed by atoms with van der Waals surface area (Å²) < 4.78 is 0. The third kappa shape index (κ3) is 5.14. The van der Waals surface area contributed by atoms with Crippen molar-refractivity contribution in [3.05, 3.63) is 29.8 Å². The number of nitriles is 1. The van der Waals surface area contributed by atoms with Crippen LogP contribution in [0.25, 0.3) is 0 Å². The fourth-order valence-electron chi connectivity index (χ4n) is 3.36. The molecule has 2 aromatic rings. The van der Waals surface area contributed by atoms with Gasteiger partial charge in [-0.05, 0) is 32.6 Å². The summed E-state index contributed by atoms with van der Waals surface area (Å²) in [6.07, 6.45) is 5.04. The molecule has 3 rings (SSSR count). The number of piperidine rings is 1. The van der Waals surface area contributed by atoms with Crippen molar-refractivity contribution in [2.45, 2.75) is 38.8 Å². The van der Waals surface area contributed by atoms with E-state index >= 15 is 0 Å². The molecular formula is C19H25N9O. The Morgan fingerprint density at radius 1 is 1.24 bits per heavy atom. The normalized spacial score (nSPS) is 21.1. The van der Waals surface area contributed by atoms with Gasteiger partial charge in [0.25, 0.3) is 5.91 Å². The summed E-state index contributed by atoms with van der Waals surface area (Å²) in [5.74, 6) is 0.976. The zero-order valence-corrected chi connectivity index (χ0v) is 16.7. The molecule has 0 saturated carbocycles. The molecule has 2 aromatic heterocycles. The quantitative estimate of drug-likeness (QED) is 0.571. The van der Waals surface area contributed by atoms with Crippen LogP contribution in [0.15, 0.2) is 18.5 Å². The van der Waals surface area contributed by atoms with Crippen LogP contribution in [0.5, 0.6) is 0 Å². The highest BCUT2D eigenvalue weighted by molar-refractivity contribution is 5.97.